The Kier molecular flexibility index (Phi) is 13.4. The van der Waals surface area contributed by atoms with E-state index in [1.54, 1.807) is 0 Å². The zero-order valence-corrected chi connectivity index (χ0v) is 13.4. The Labute approximate surface area is 116 Å². The van der Waals surface area contributed by atoms with Gasteiger partial charge in [0.2, 0.25) is 0 Å². The molecule has 18 heavy (non-hydrogen) atoms. The molecule has 0 bridgehead atoms. The van der Waals surface area contributed by atoms with Crippen LogP contribution in [0.15, 0.2) is 0 Å². The molecule has 0 aliphatic heterocycles. The molecule has 0 rings (SSSR count). The molecule has 0 radical (unpaired) electrons. The van der Waals surface area contributed by atoms with Gasteiger partial charge < -0.3 is 5.32 Å². The van der Waals surface area contributed by atoms with Gasteiger partial charge in [-0.3, -0.25) is 0 Å². The number of unbranched alkanes of at least 4 members (excludes halogenated alkanes) is 6. The lowest BCUT2D eigenvalue weighted by Gasteiger charge is -2.20. The second kappa shape index (κ2) is 13.4. The molecule has 1 heteroatoms. The van der Waals surface area contributed by atoms with E-state index in [9.17, 15) is 0 Å². The average Bonchev–Trinajstić information content (AvgIpc) is 2.36. The minimum absolute atomic E-state index is 0.752. The van der Waals surface area contributed by atoms with Crippen LogP contribution >= 0.6 is 0 Å². The fourth-order valence-corrected chi connectivity index (χ4v) is 2.82. The maximum absolute atomic E-state index is 3.50. The van der Waals surface area contributed by atoms with Gasteiger partial charge in [0.05, 0.1) is 0 Å². The van der Waals surface area contributed by atoms with Crippen LogP contribution in [0.2, 0.25) is 0 Å². The first-order chi connectivity index (χ1) is 8.74. The molecule has 1 nitrogen and oxygen atoms in total. The highest BCUT2D eigenvalue weighted by Crippen LogP contribution is 2.17. The summed E-state index contributed by atoms with van der Waals surface area (Å²) in [5.41, 5.74) is 0. The van der Waals surface area contributed by atoms with Crippen molar-refractivity contribution in [1.29, 1.82) is 0 Å². The van der Waals surface area contributed by atoms with Crippen LogP contribution in [-0.4, -0.2) is 13.1 Å². The average molecular weight is 255 g/mol. The molecule has 0 fully saturated rings. The van der Waals surface area contributed by atoms with E-state index in [4.69, 9.17) is 0 Å². The van der Waals surface area contributed by atoms with Crippen LogP contribution < -0.4 is 5.32 Å². The van der Waals surface area contributed by atoms with Gasteiger partial charge in [-0.15, -0.1) is 0 Å². The Hall–Kier alpha value is -0.0400. The van der Waals surface area contributed by atoms with E-state index in [1.165, 1.54) is 70.6 Å². The van der Waals surface area contributed by atoms with Gasteiger partial charge in [0, 0.05) is 6.04 Å². The molecule has 0 aromatic heterocycles. The Balaban J connectivity index is 3.43. The van der Waals surface area contributed by atoms with Crippen LogP contribution in [0.25, 0.3) is 0 Å². The fraction of sp³-hybridized carbons (Fsp3) is 1.00. The van der Waals surface area contributed by atoms with E-state index in [-0.39, 0.29) is 0 Å². The SMILES string of the molecule is CCCCCCCCCC(CC(C)CCC)NC. The van der Waals surface area contributed by atoms with Gasteiger partial charge in [0.1, 0.15) is 0 Å². The second-order valence-corrected chi connectivity index (χ2v) is 6.03. The van der Waals surface area contributed by atoms with Gasteiger partial charge in [0.25, 0.3) is 0 Å². The lowest BCUT2D eigenvalue weighted by molar-refractivity contribution is 0.373. The van der Waals surface area contributed by atoms with Gasteiger partial charge >= 0.3 is 0 Å². The number of rotatable bonds is 13. The summed E-state index contributed by atoms with van der Waals surface area (Å²) in [4.78, 5) is 0. The van der Waals surface area contributed by atoms with Crippen molar-refractivity contribution in [3.05, 3.63) is 0 Å². The molecule has 1 N–H and O–H groups in total. The van der Waals surface area contributed by atoms with Crippen molar-refractivity contribution in [3.63, 3.8) is 0 Å². The van der Waals surface area contributed by atoms with Gasteiger partial charge in [-0.2, -0.15) is 0 Å². The van der Waals surface area contributed by atoms with Gasteiger partial charge in [-0.05, 0) is 25.8 Å². The lowest BCUT2D eigenvalue weighted by Crippen LogP contribution is -2.27. The van der Waals surface area contributed by atoms with Crippen molar-refractivity contribution in [2.45, 2.75) is 97.4 Å². The van der Waals surface area contributed by atoms with Crippen LogP contribution in [0.3, 0.4) is 0 Å². The van der Waals surface area contributed by atoms with Crippen LogP contribution in [0.5, 0.6) is 0 Å². The lowest BCUT2D eigenvalue weighted by atomic mass is 9.94. The van der Waals surface area contributed by atoms with Gasteiger partial charge in [0.15, 0.2) is 0 Å². The zero-order chi connectivity index (χ0) is 13.6. The molecule has 0 amide bonds. The largest absolute Gasteiger partial charge is 0.317 e. The van der Waals surface area contributed by atoms with Crippen LogP contribution in [0.4, 0.5) is 0 Å². The van der Waals surface area contributed by atoms with Crippen LogP contribution in [0, 0.1) is 5.92 Å². The molecule has 2 unspecified atom stereocenters. The number of hydrogen-bond donors (Lipinski definition) is 1. The first-order valence-electron chi connectivity index (χ1n) is 8.41. The maximum atomic E-state index is 3.50. The van der Waals surface area contributed by atoms with Crippen LogP contribution in [-0.2, 0) is 0 Å². The monoisotopic (exact) mass is 255 g/mol. The third-order valence-corrected chi connectivity index (χ3v) is 4.03. The number of hydrogen-bond acceptors (Lipinski definition) is 1. The zero-order valence-electron chi connectivity index (χ0n) is 13.4. The molecule has 0 spiro atoms. The Bertz CT molecular complexity index is 156. The van der Waals surface area contributed by atoms with E-state index in [0.717, 1.165) is 12.0 Å². The van der Waals surface area contributed by atoms with Crippen molar-refractivity contribution < 1.29 is 0 Å². The summed E-state index contributed by atoms with van der Waals surface area (Å²) in [7, 11) is 2.13. The van der Waals surface area contributed by atoms with Crippen molar-refractivity contribution in [1.82, 2.24) is 5.32 Å². The Morgan fingerprint density at radius 1 is 0.778 bits per heavy atom. The van der Waals surface area contributed by atoms with Crippen molar-refractivity contribution >= 4 is 0 Å². The minimum Gasteiger partial charge on any atom is -0.317 e. The van der Waals surface area contributed by atoms with E-state index >= 15 is 0 Å². The molecule has 0 aliphatic carbocycles. The van der Waals surface area contributed by atoms with E-state index in [2.05, 4.69) is 33.1 Å². The highest BCUT2D eigenvalue weighted by Gasteiger charge is 2.10. The normalized spacial score (nSPS) is 14.7. The number of nitrogens with one attached hydrogen (secondary N) is 1. The summed E-state index contributed by atoms with van der Waals surface area (Å²) < 4.78 is 0. The first kappa shape index (κ1) is 18.0. The molecule has 110 valence electrons. The Morgan fingerprint density at radius 3 is 1.94 bits per heavy atom. The highest BCUT2D eigenvalue weighted by atomic mass is 14.9. The second-order valence-electron chi connectivity index (χ2n) is 6.03. The highest BCUT2D eigenvalue weighted by molar-refractivity contribution is 4.68. The van der Waals surface area contributed by atoms with E-state index in [1.807, 2.05) is 0 Å². The first-order valence-corrected chi connectivity index (χ1v) is 8.41. The standard InChI is InChI=1S/C17H37N/c1-5-7-8-9-10-11-12-14-17(18-4)15-16(3)13-6-2/h16-18H,5-15H2,1-4H3. The molecule has 0 aromatic carbocycles. The fourth-order valence-electron chi connectivity index (χ4n) is 2.82. The summed E-state index contributed by atoms with van der Waals surface area (Å²) in [6.07, 6.45) is 15.4. The molecule has 0 heterocycles. The molecular weight excluding hydrogens is 218 g/mol. The van der Waals surface area contributed by atoms with Crippen molar-refractivity contribution in [3.8, 4) is 0 Å². The minimum atomic E-state index is 0.752. The quantitative estimate of drug-likeness (QED) is 0.426. The summed E-state index contributed by atoms with van der Waals surface area (Å²) in [6, 6.07) is 0.752. The molecule has 0 aromatic rings. The third-order valence-electron chi connectivity index (χ3n) is 4.03. The summed E-state index contributed by atoms with van der Waals surface area (Å²) in [6.45, 7) is 6.98. The molecular formula is C17H37N. The maximum Gasteiger partial charge on any atom is 0.00666 e. The van der Waals surface area contributed by atoms with Gasteiger partial charge in [-0.25, -0.2) is 0 Å². The predicted octanol–water partition coefficient (Wildman–Crippen LogP) is 5.54. The molecule has 0 aliphatic rings. The summed E-state index contributed by atoms with van der Waals surface area (Å²) in [5.74, 6) is 0.886. The van der Waals surface area contributed by atoms with Crippen molar-refractivity contribution in [2.75, 3.05) is 7.05 Å². The predicted molar refractivity (Wildman–Crippen MR) is 84.1 cm³/mol. The summed E-state index contributed by atoms with van der Waals surface area (Å²) in [5, 5.41) is 3.50. The van der Waals surface area contributed by atoms with E-state index < -0.39 is 0 Å². The Morgan fingerprint density at radius 2 is 1.39 bits per heavy atom. The molecule has 0 saturated carbocycles. The third kappa shape index (κ3) is 11.1. The smallest absolute Gasteiger partial charge is 0.00666 e. The van der Waals surface area contributed by atoms with Crippen LogP contribution in [0.1, 0.15) is 91.4 Å². The van der Waals surface area contributed by atoms with Crippen molar-refractivity contribution in [2.24, 2.45) is 5.92 Å². The van der Waals surface area contributed by atoms with E-state index in [0.29, 0.717) is 0 Å². The topological polar surface area (TPSA) is 12.0 Å². The van der Waals surface area contributed by atoms with Gasteiger partial charge in [-0.1, -0.05) is 78.6 Å². The molecule has 0 saturated heterocycles. The molecule has 2 atom stereocenters. The summed E-state index contributed by atoms with van der Waals surface area (Å²) >= 11 is 0.